The van der Waals surface area contributed by atoms with Crippen molar-refractivity contribution in [2.24, 2.45) is 17.6 Å². The van der Waals surface area contributed by atoms with Gasteiger partial charge < -0.3 is 11.1 Å². The Hall–Kier alpha value is -0.610. The first kappa shape index (κ1) is 15.4. The Morgan fingerprint density at radius 1 is 1.22 bits per heavy atom. The maximum Gasteiger partial charge on any atom is 0.224 e. The van der Waals surface area contributed by atoms with E-state index < -0.39 is 0 Å². The van der Waals surface area contributed by atoms with E-state index in [0.29, 0.717) is 18.5 Å². The molecule has 0 saturated carbocycles. The molecule has 1 aliphatic heterocycles. The van der Waals surface area contributed by atoms with E-state index in [-0.39, 0.29) is 11.8 Å². The first-order valence-corrected chi connectivity index (χ1v) is 7.28. The van der Waals surface area contributed by atoms with Crippen LogP contribution in [0.15, 0.2) is 0 Å². The fourth-order valence-electron chi connectivity index (χ4n) is 2.55. The smallest absolute Gasteiger partial charge is 0.224 e. The minimum absolute atomic E-state index is 0.0569. The second kappa shape index (κ2) is 7.74. The number of nitrogens with one attached hydrogen (secondary N) is 1. The Morgan fingerprint density at radius 2 is 1.83 bits per heavy atom. The van der Waals surface area contributed by atoms with Gasteiger partial charge in [0.05, 0.1) is 5.92 Å². The highest BCUT2D eigenvalue weighted by Crippen LogP contribution is 2.12. The number of piperidine rings is 1. The van der Waals surface area contributed by atoms with E-state index in [1.165, 1.54) is 32.4 Å². The third kappa shape index (κ3) is 4.58. The van der Waals surface area contributed by atoms with Crippen LogP contribution in [0.3, 0.4) is 0 Å². The molecule has 0 spiro atoms. The van der Waals surface area contributed by atoms with Gasteiger partial charge in [0.15, 0.2) is 0 Å². The van der Waals surface area contributed by atoms with Crippen molar-refractivity contribution >= 4 is 5.91 Å². The van der Waals surface area contributed by atoms with Crippen molar-refractivity contribution in [1.82, 2.24) is 10.2 Å². The minimum Gasteiger partial charge on any atom is -0.354 e. The minimum atomic E-state index is -0.0569. The molecule has 0 aromatic carbocycles. The van der Waals surface area contributed by atoms with Crippen molar-refractivity contribution < 1.29 is 4.79 Å². The molecule has 1 amide bonds. The largest absolute Gasteiger partial charge is 0.354 e. The first-order valence-electron chi connectivity index (χ1n) is 7.28. The molecule has 1 aliphatic rings. The second-order valence-electron chi connectivity index (χ2n) is 5.78. The van der Waals surface area contributed by atoms with Gasteiger partial charge in [-0.05, 0) is 38.8 Å². The summed E-state index contributed by atoms with van der Waals surface area (Å²) in [4.78, 5) is 14.5. The molecule has 18 heavy (non-hydrogen) atoms. The molecule has 0 aliphatic carbocycles. The summed E-state index contributed by atoms with van der Waals surface area (Å²) in [6, 6.07) is 0.430. The lowest BCUT2D eigenvalue weighted by molar-refractivity contribution is -0.126. The molecule has 106 valence electrons. The van der Waals surface area contributed by atoms with Gasteiger partial charge in [-0.1, -0.05) is 20.3 Å². The predicted molar refractivity (Wildman–Crippen MR) is 75.3 cm³/mol. The van der Waals surface area contributed by atoms with E-state index in [0.717, 1.165) is 6.54 Å². The summed E-state index contributed by atoms with van der Waals surface area (Å²) in [5.74, 6) is 0.357. The van der Waals surface area contributed by atoms with Gasteiger partial charge in [-0.15, -0.1) is 0 Å². The van der Waals surface area contributed by atoms with Crippen LogP contribution in [0.1, 0.15) is 40.0 Å². The molecule has 3 N–H and O–H groups in total. The van der Waals surface area contributed by atoms with Gasteiger partial charge in [0.1, 0.15) is 0 Å². The number of rotatable bonds is 6. The average Bonchev–Trinajstić information content (AvgIpc) is 2.37. The number of nitrogens with zero attached hydrogens (tertiary/aromatic N) is 1. The summed E-state index contributed by atoms with van der Waals surface area (Å²) in [5, 5.41) is 3.05. The fourth-order valence-corrected chi connectivity index (χ4v) is 2.55. The molecule has 1 fully saturated rings. The van der Waals surface area contributed by atoms with Gasteiger partial charge in [0, 0.05) is 19.1 Å². The lowest BCUT2D eigenvalue weighted by Gasteiger charge is -2.32. The van der Waals surface area contributed by atoms with Crippen LogP contribution in [0.2, 0.25) is 0 Å². The average molecular weight is 255 g/mol. The highest BCUT2D eigenvalue weighted by Gasteiger charge is 2.22. The zero-order valence-electron chi connectivity index (χ0n) is 12.1. The summed E-state index contributed by atoms with van der Waals surface area (Å²) < 4.78 is 0. The van der Waals surface area contributed by atoms with Gasteiger partial charge in [-0.3, -0.25) is 9.69 Å². The summed E-state index contributed by atoms with van der Waals surface area (Å²) in [5.41, 5.74) is 5.65. The summed E-state index contributed by atoms with van der Waals surface area (Å²) >= 11 is 0. The first-order chi connectivity index (χ1) is 8.56. The van der Waals surface area contributed by atoms with E-state index in [4.69, 9.17) is 5.73 Å². The van der Waals surface area contributed by atoms with Crippen molar-refractivity contribution in [1.29, 1.82) is 0 Å². The molecule has 4 nitrogen and oxygen atoms in total. The third-order valence-corrected chi connectivity index (χ3v) is 3.98. The summed E-state index contributed by atoms with van der Waals surface area (Å²) in [7, 11) is 0. The van der Waals surface area contributed by atoms with Crippen molar-refractivity contribution in [3.63, 3.8) is 0 Å². The van der Waals surface area contributed by atoms with Gasteiger partial charge in [0.2, 0.25) is 5.91 Å². The maximum absolute atomic E-state index is 12.0. The van der Waals surface area contributed by atoms with Gasteiger partial charge >= 0.3 is 0 Å². The van der Waals surface area contributed by atoms with Crippen LogP contribution in [-0.4, -0.2) is 43.0 Å². The van der Waals surface area contributed by atoms with Crippen LogP contribution in [0.4, 0.5) is 0 Å². The molecule has 0 aromatic heterocycles. The monoisotopic (exact) mass is 255 g/mol. The number of nitrogens with two attached hydrogens (primary N) is 1. The van der Waals surface area contributed by atoms with E-state index in [1.54, 1.807) is 0 Å². The molecule has 0 radical (unpaired) electrons. The summed E-state index contributed by atoms with van der Waals surface area (Å²) in [6.45, 7) is 9.79. The lowest BCUT2D eigenvalue weighted by Crippen LogP contribution is -2.47. The normalized spacial score (nSPS) is 20.7. The van der Waals surface area contributed by atoms with Crippen molar-refractivity contribution in [2.75, 3.05) is 26.2 Å². The van der Waals surface area contributed by atoms with Gasteiger partial charge in [0.25, 0.3) is 0 Å². The molecule has 1 saturated heterocycles. The number of hydrogen-bond acceptors (Lipinski definition) is 3. The molecular weight excluding hydrogens is 226 g/mol. The van der Waals surface area contributed by atoms with Crippen LogP contribution >= 0.6 is 0 Å². The lowest BCUT2D eigenvalue weighted by atomic mass is 9.95. The second-order valence-corrected chi connectivity index (χ2v) is 5.78. The van der Waals surface area contributed by atoms with E-state index in [2.05, 4.69) is 17.1 Å². The van der Waals surface area contributed by atoms with Crippen molar-refractivity contribution in [3.8, 4) is 0 Å². The van der Waals surface area contributed by atoms with E-state index in [1.807, 2.05) is 13.8 Å². The highest BCUT2D eigenvalue weighted by atomic mass is 16.1. The molecule has 4 heteroatoms. The summed E-state index contributed by atoms with van der Waals surface area (Å²) in [6.07, 6.45) is 3.92. The van der Waals surface area contributed by atoms with Crippen molar-refractivity contribution in [3.05, 3.63) is 0 Å². The Bertz CT molecular complexity index is 249. The van der Waals surface area contributed by atoms with Crippen LogP contribution in [0.5, 0.6) is 0 Å². The quantitative estimate of drug-likeness (QED) is 0.750. The number of carbonyl (C=O) groups excluding carboxylic acids is 1. The molecule has 0 bridgehead atoms. The zero-order chi connectivity index (χ0) is 13.5. The number of carbonyl (C=O) groups is 1. The van der Waals surface area contributed by atoms with Crippen LogP contribution in [0, 0.1) is 11.8 Å². The standard InChI is InChI=1S/C14H29N3O/c1-11(2)13(9-15)14(18)16-10-12(3)17-7-5-4-6-8-17/h11-13H,4-10,15H2,1-3H3,(H,16,18). The Morgan fingerprint density at radius 3 is 2.33 bits per heavy atom. The maximum atomic E-state index is 12.0. The topological polar surface area (TPSA) is 58.4 Å². The number of hydrogen-bond donors (Lipinski definition) is 2. The third-order valence-electron chi connectivity index (χ3n) is 3.98. The predicted octanol–water partition coefficient (Wildman–Crippen LogP) is 1.21. The fraction of sp³-hybridized carbons (Fsp3) is 0.929. The Balaban J connectivity index is 2.32. The van der Waals surface area contributed by atoms with Crippen LogP contribution in [-0.2, 0) is 4.79 Å². The number of amides is 1. The molecule has 0 aromatic rings. The van der Waals surface area contributed by atoms with E-state index >= 15 is 0 Å². The molecule has 1 heterocycles. The SMILES string of the molecule is CC(C)C(CN)C(=O)NCC(C)N1CCCCC1. The molecule has 2 unspecified atom stereocenters. The van der Waals surface area contributed by atoms with Crippen molar-refractivity contribution in [2.45, 2.75) is 46.1 Å². The zero-order valence-corrected chi connectivity index (χ0v) is 12.1. The Kier molecular flexibility index (Phi) is 6.65. The molecule has 2 atom stereocenters. The van der Waals surface area contributed by atoms with E-state index in [9.17, 15) is 4.79 Å². The Labute approximate surface area is 111 Å². The van der Waals surface area contributed by atoms with Gasteiger partial charge in [-0.2, -0.15) is 0 Å². The van der Waals surface area contributed by atoms with Crippen LogP contribution < -0.4 is 11.1 Å². The van der Waals surface area contributed by atoms with Gasteiger partial charge in [-0.25, -0.2) is 0 Å². The van der Waals surface area contributed by atoms with Crippen LogP contribution in [0.25, 0.3) is 0 Å². The molecular formula is C14H29N3O. The number of likely N-dealkylation sites (tertiary alicyclic amines) is 1. The molecule has 1 rings (SSSR count). The highest BCUT2D eigenvalue weighted by molar-refractivity contribution is 5.79.